The molecular weight excluding hydrogens is 260 g/mol. The number of rotatable bonds is 6. The average molecular weight is 290 g/mol. The van der Waals surface area contributed by atoms with E-state index in [1.165, 1.54) is 31.4 Å². The van der Waals surface area contributed by atoms with Gasteiger partial charge in [-0.2, -0.15) is 0 Å². The van der Waals surface area contributed by atoms with Crippen LogP contribution in [0.15, 0.2) is 24.3 Å². The third-order valence-electron chi connectivity index (χ3n) is 4.48. The Balaban J connectivity index is 1.94. The molecule has 1 aliphatic rings. The maximum Gasteiger partial charge on any atom is 0.119 e. The fraction of sp³-hybridized carbons (Fsp3) is 0.667. The van der Waals surface area contributed by atoms with E-state index in [0.717, 1.165) is 24.8 Å². The van der Waals surface area contributed by atoms with Gasteiger partial charge in [0.2, 0.25) is 0 Å². The fourth-order valence-electron chi connectivity index (χ4n) is 3.19. The predicted molar refractivity (Wildman–Crippen MR) is 88.5 cm³/mol. The zero-order valence-corrected chi connectivity index (χ0v) is 13.7. The summed E-state index contributed by atoms with van der Waals surface area (Å²) in [6, 6.07) is 9.04. The van der Waals surface area contributed by atoms with Crippen molar-refractivity contribution in [2.24, 2.45) is 11.7 Å². The van der Waals surface area contributed by atoms with Crippen molar-refractivity contribution in [3.8, 4) is 5.75 Å². The van der Waals surface area contributed by atoms with E-state index in [4.69, 9.17) is 10.5 Å². The van der Waals surface area contributed by atoms with Gasteiger partial charge in [-0.3, -0.25) is 4.90 Å². The molecule has 1 saturated heterocycles. The number of benzene rings is 1. The van der Waals surface area contributed by atoms with Crippen LogP contribution in [0.25, 0.3) is 0 Å². The highest BCUT2D eigenvalue weighted by atomic mass is 16.5. The Morgan fingerprint density at radius 3 is 2.57 bits per heavy atom. The van der Waals surface area contributed by atoms with Crippen LogP contribution in [-0.2, 0) is 6.54 Å². The molecule has 0 aromatic heterocycles. The number of nitrogens with zero attached hydrogens (tertiary/aromatic N) is 1. The van der Waals surface area contributed by atoms with Crippen molar-refractivity contribution >= 4 is 0 Å². The molecule has 0 amide bonds. The molecule has 0 radical (unpaired) electrons. The highest BCUT2D eigenvalue weighted by molar-refractivity contribution is 5.27. The van der Waals surface area contributed by atoms with E-state index in [1.54, 1.807) is 0 Å². The number of hydrogen-bond acceptors (Lipinski definition) is 3. The molecule has 1 aliphatic heterocycles. The molecule has 2 unspecified atom stereocenters. The third kappa shape index (κ3) is 4.72. The Hall–Kier alpha value is -1.06. The number of piperidine rings is 1. The normalized spacial score (nSPS) is 23.5. The van der Waals surface area contributed by atoms with Crippen LogP contribution in [0, 0.1) is 5.92 Å². The summed E-state index contributed by atoms with van der Waals surface area (Å²) in [6.07, 6.45) is 4.07. The molecule has 1 aromatic carbocycles. The Bertz CT molecular complexity index is 416. The minimum Gasteiger partial charge on any atom is -0.491 e. The van der Waals surface area contributed by atoms with Crippen molar-refractivity contribution in [1.82, 2.24) is 4.90 Å². The van der Waals surface area contributed by atoms with Crippen molar-refractivity contribution in [2.75, 3.05) is 13.1 Å². The first kappa shape index (κ1) is 16.3. The SMILES string of the molecule is CCC1CCN(Cc2ccc(OC(C)C)cc2)C(CN)C1. The third-order valence-corrected chi connectivity index (χ3v) is 4.48. The molecular formula is C18H30N2O. The van der Waals surface area contributed by atoms with E-state index in [0.29, 0.717) is 6.04 Å². The van der Waals surface area contributed by atoms with Gasteiger partial charge in [-0.15, -0.1) is 0 Å². The van der Waals surface area contributed by atoms with Gasteiger partial charge in [-0.1, -0.05) is 25.5 Å². The van der Waals surface area contributed by atoms with E-state index in [-0.39, 0.29) is 6.10 Å². The molecule has 0 saturated carbocycles. The van der Waals surface area contributed by atoms with Gasteiger partial charge in [0.05, 0.1) is 6.10 Å². The van der Waals surface area contributed by atoms with Gasteiger partial charge < -0.3 is 10.5 Å². The van der Waals surface area contributed by atoms with E-state index in [2.05, 4.69) is 49.9 Å². The molecule has 3 heteroatoms. The van der Waals surface area contributed by atoms with Crippen LogP contribution in [0.4, 0.5) is 0 Å². The zero-order valence-electron chi connectivity index (χ0n) is 13.7. The lowest BCUT2D eigenvalue weighted by molar-refractivity contribution is 0.107. The van der Waals surface area contributed by atoms with Crippen molar-refractivity contribution < 1.29 is 4.74 Å². The quantitative estimate of drug-likeness (QED) is 0.872. The molecule has 21 heavy (non-hydrogen) atoms. The number of nitrogens with two attached hydrogens (primary N) is 1. The molecule has 2 N–H and O–H groups in total. The van der Waals surface area contributed by atoms with Crippen molar-refractivity contribution in [3.63, 3.8) is 0 Å². The number of ether oxygens (including phenoxy) is 1. The largest absolute Gasteiger partial charge is 0.491 e. The second-order valence-electron chi connectivity index (χ2n) is 6.47. The molecule has 0 spiro atoms. The topological polar surface area (TPSA) is 38.5 Å². The minimum absolute atomic E-state index is 0.227. The maximum atomic E-state index is 5.98. The van der Waals surface area contributed by atoms with Gasteiger partial charge in [0.1, 0.15) is 5.75 Å². The summed E-state index contributed by atoms with van der Waals surface area (Å²) in [5.74, 6) is 1.81. The number of hydrogen-bond donors (Lipinski definition) is 1. The molecule has 1 heterocycles. The second-order valence-corrected chi connectivity index (χ2v) is 6.47. The van der Waals surface area contributed by atoms with E-state index >= 15 is 0 Å². The monoisotopic (exact) mass is 290 g/mol. The maximum absolute atomic E-state index is 5.98. The van der Waals surface area contributed by atoms with E-state index in [1.807, 2.05) is 0 Å². The van der Waals surface area contributed by atoms with Crippen molar-refractivity contribution in [1.29, 1.82) is 0 Å². The van der Waals surface area contributed by atoms with Gasteiger partial charge in [0, 0.05) is 19.1 Å². The van der Waals surface area contributed by atoms with Gasteiger partial charge >= 0.3 is 0 Å². The average Bonchev–Trinajstić information content (AvgIpc) is 2.49. The molecule has 1 aromatic rings. The molecule has 1 fully saturated rings. The summed E-state index contributed by atoms with van der Waals surface area (Å²) in [6.45, 7) is 9.34. The minimum atomic E-state index is 0.227. The lowest BCUT2D eigenvalue weighted by Gasteiger charge is -2.39. The zero-order chi connectivity index (χ0) is 15.2. The first-order valence-corrected chi connectivity index (χ1v) is 8.32. The highest BCUT2D eigenvalue weighted by Gasteiger charge is 2.26. The smallest absolute Gasteiger partial charge is 0.119 e. The second kappa shape index (κ2) is 7.81. The number of likely N-dealkylation sites (tertiary alicyclic amines) is 1. The fourth-order valence-corrected chi connectivity index (χ4v) is 3.19. The Morgan fingerprint density at radius 2 is 2.00 bits per heavy atom. The first-order chi connectivity index (χ1) is 10.1. The van der Waals surface area contributed by atoms with Crippen molar-refractivity contribution in [2.45, 2.75) is 58.7 Å². The highest BCUT2D eigenvalue weighted by Crippen LogP contribution is 2.26. The van der Waals surface area contributed by atoms with Crippen LogP contribution in [-0.4, -0.2) is 30.1 Å². The van der Waals surface area contributed by atoms with Crippen molar-refractivity contribution in [3.05, 3.63) is 29.8 Å². The molecule has 3 nitrogen and oxygen atoms in total. The molecule has 2 atom stereocenters. The summed E-state index contributed by atoms with van der Waals surface area (Å²) in [5, 5.41) is 0. The molecule has 2 rings (SSSR count). The molecule has 0 aliphatic carbocycles. The van der Waals surface area contributed by atoms with E-state index < -0.39 is 0 Å². The summed E-state index contributed by atoms with van der Waals surface area (Å²) in [7, 11) is 0. The van der Waals surface area contributed by atoms with Crippen LogP contribution in [0.5, 0.6) is 5.75 Å². The van der Waals surface area contributed by atoms with Crippen LogP contribution in [0.1, 0.15) is 45.6 Å². The van der Waals surface area contributed by atoms with Gasteiger partial charge in [0.15, 0.2) is 0 Å². The Morgan fingerprint density at radius 1 is 1.29 bits per heavy atom. The summed E-state index contributed by atoms with van der Waals surface area (Å²) in [5.41, 5.74) is 7.33. The van der Waals surface area contributed by atoms with Gasteiger partial charge in [-0.05, 0) is 56.8 Å². The summed E-state index contributed by atoms with van der Waals surface area (Å²) >= 11 is 0. The lowest BCUT2D eigenvalue weighted by Crippen LogP contribution is -2.45. The molecule has 118 valence electrons. The van der Waals surface area contributed by atoms with E-state index in [9.17, 15) is 0 Å². The van der Waals surface area contributed by atoms with Gasteiger partial charge in [0.25, 0.3) is 0 Å². The molecule has 0 bridgehead atoms. The van der Waals surface area contributed by atoms with Crippen LogP contribution < -0.4 is 10.5 Å². The Labute approximate surface area is 129 Å². The predicted octanol–water partition coefficient (Wildman–Crippen LogP) is 3.42. The first-order valence-electron chi connectivity index (χ1n) is 8.32. The standard InChI is InChI=1S/C18H30N2O/c1-4-15-9-10-20(17(11-15)12-19)13-16-5-7-18(8-6-16)21-14(2)3/h5-8,14-15,17H,4,9-13,19H2,1-3H3. The lowest BCUT2D eigenvalue weighted by atomic mass is 9.88. The van der Waals surface area contributed by atoms with Gasteiger partial charge in [-0.25, -0.2) is 0 Å². The summed E-state index contributed by atoms with van der Waals surface area (Å²) < 4.78 is 5.70. The van der Waals surface area contributed by atoms with Crippen LogP contribution in [0.2, 0.25) is 0 Å². The Kier molecular flexibility index (Phi) is 6.07. The van der Waals surface area contributed by atoms with Crippen LogP contribution in [0.3, 0.4) is 0 Å². The van der Waals surface area contributed by atoms with Crippen LogP contribution >= 0.6 is 0 Å². The summed E-state index contributed by atoms with van der Waals surface area (Å²) in [4.78, 5) is 2.55.